The van der Waals surface area contributed by atoms with Crippen LogP contribution in [0.5, 0.6) is 0 Å². The van der Waals surface area contributed by atoms with Crippen molar-refractivity contribution in [1.82, 2.24) is 15.2 Å². The molecule has 4 heterocycles. The molecule has 0 saturated carbocycles. The van der Waals surface area contributed by atoms with Crippen LogP contribution in [-0.2, 0) is 0 Å². The molecule has 3 aliphatic rings. The van der Waals surface area contributed by atoms with Crippen LogP contribution in [-0.4, -0.2) is 41.0 Å². The molecule has 1 N–H and O–H groups in total. The summed E-state index contributed by atoms with van der Waals surface area (Å²) < 4.78 is 0. The molecule has 5 rings (SSSR count). The smallest absolute Gasteiger partial charge is 0.251 e. The largest absolute Gasteiger partial charge is 0.347 e. The van der Waals surface area contributed by atoms with Gasteiger partial charge in [0, 0.05) is 39.8 Å². The van der Waals surface area contributed by atoms with Crippen molar-refractivity contribution in [3.63, 3.8) is 0 Å². The van der Waals surface area contributed by atoms with Crippen molar-refractivity contribution in [1.29, 1.82) is 0 Å². The van der Waals surface area contributed by atoms with Gasteiger partial charge in [0.05, 0.1) is 5.02 Å². The predicted molar refractivity (Wildman–Crippen MR) is 105 cm³/mol. The third kappa shape index (κ3) is 3.61. The van der Waals surface area contributed by atoms with E-state index in [-0.39, 0.29) is 11.9 Å². The molecule has 2 bridgehead atoms. The van der Waals surface area contributed by atoms with Crippen LogP contribution in [0.2, 0.25) is 5.02 Å². The van der Waals surface area contributed by atoms with Crippen molar-refractivity contribution in [3.05, 3.63) is 53.3 Å². The third-order valence-corrected chi connectivity index (χ3v) is 7.05. The first-order valence-corrected chi connectivity index (χ1v) is 10.2. The summed E-state index contributed by atoms with van der Waals surface area (Å²) >= 11 is 7.73. The van der Waals surface area contributed by atoms with Crippen LogP contribution in [0.15, 0.2) is 52.5 Å². The molecular weight excluding hydrogens is 366 g/mol. The summed E-state index contributed by atoms with van der Waals surface area (Å²) in [4.78, 5) is 21.2. The number of piperidine rings is 3. The zero-order valence-electron chi connectivity index (χ0n) is 14.7. The van der Waals surface area contributed by atoms with Crippen LogP contribution in [0.3, 0.4) is 0 Å². The van der Waals surface area contributed by atoms with E-state index < -0.39 is 0 Å². The molecule has 0 unspecified atom stereocenters. The summed E-state index contributed by atoms with van der Waals surface area (Å²) in [5.41, 5.74) is 0.707. The van der Waals surface area contributed by atoms with Crippen LogP contribution in [0.4, 0.5) is 0 Å². The van der Waals surface area contributed by atoms with Crippen LogP contribution < -0.4 is 5.32 Å². The van der Waals surface area contributed by atoms with E-state index in [1.807, 2.05) is 30.3 Å². The van der Waals surface area contributed by atoms with Gasteiger partial charge in [0.25, 0.3) is 5.91 Å². The molecule has 6 heteroatoms. The van der Waals surface area contributed by atoms with Crippen LogP contribution in [0.25, 0.3) is 0 Å². The third-order valence-electron chi connectivity index (χ3n) is 5.56. The number of pyridine rings is 1. The van der Waals surface area contributed by atoms with Crippen LogP contribution in [0.1, 0.15) is 30.1 Å². The molecule has 26 heavy (non-hydrogen) atoms. The highest BCUT2D eigenvalue weighted by Gasteiger charge is 2.40. The molecule has 3 fully saturated rings. The highest BCUT2D eigenvalue weighted by Crippen LogP contribution is 2.33. The van der Waals surface area contributed by atoms with Gasteiger partial charge < -0.3 is 5.32 Å². The number of hydrogen-bond acceptors (Lipinski definition) is 4. The van der Waals surface area contributed by atoms with Gasteiger partial charge in [-0.1, -0.05) is 23.4 Å². The number of carbonyl (C=O) groups is 1. The second kappa shape index (κ2) is 7.59. The Bertz CT molecular complexity index is 788. The lowest BCUT2D eigenvalue weighted by Gasteiger charge is -2.49. The molecule has 2 atom stereocenters. The molecule has 1 aromatic heterocycles. The Hall–Kier alpha value is -1.56. The molecule has 3 saturated heterocycles. The SMILES string of the molecule is C[C@H]1[C@H](NC(=O)c2ccc(Sc3ccncc3Cl)cc2)C2CCN1CC2. The highest BCUT2D eigenvalue weighted by atomic mass is 35.5. The Labute approximate surface area is 163 Å². The molecule has 136 valence electrons. The van der Waals surface area contributed by atoms with Crippen molar-refractivity contribution in [2.24, 2.45) is 5.92 Å². The van der Waals surface area contributed by atoms with Crippen molar-refractivity contribution < 1.29 is 4.79 Å². The van der Waals surface area contributed by atoms with Crippen molar-refractivity contribution in [2.45, 2.75) is 41.6 Å². The Kier molecular flexibility index (Phi) is 5.20. The fraction of sp³-hybridized carbons (Fsp3) is 0.400. The van der Waals surface area contributed by atoms with E-state index in [9.17, 15) is 4.79 Å². The number of hydrogen-bond donors (Lipinski definition) is 1. The molecule has 0 spiro atoms. The summed E-state index contributed by atoms with van der Waals surface area (Å²) in [7, 11) is 0. The molecule has 2 aromatic rings. The zero-order valence-corrected chi connectivity index (χ0v) is 16.3. The zero-order chi connectivity index (χ0) is 18.1. The minimum absolute atomic E-state index is 0.0223. The molecule has 4 nitrogen and oxygen atoms in total. The van der Waals surface area contributed by atoms with E-state index in [4.69, 9.17) is 11.6 Å². The maximum Gasteiger partial charge on any atom is 0.251 e. The lowest BCUT2D eigenvalue weighted by molar-refractivity contribution is 0.0217. The van der Waals surface area contributed by atoms with Crippen molar-refractivity contribution >= 4 is 29.3 Å². The molecular formula is C20H22ClN3OS. The second-order valence-corrected chi connectivity index (χ2v) is 8.57. The van der Waals surface area contributed by atoms with Crippen LogP contribution in [0, 0.1) is 5.92 Å². The van der Waals surface area contributed by atoms with Gasteiger partial charge in [-0.2, -0.15) is 0 Å². The summed E-state index contributed by atoms with van der Waals surface area (Å²) in [5, 5.41) is 3.91. The first-order chi connectivity index (χ1) is 12.6. The van der Waals surface area contributed by atoms with Gasteiger partial charge in [0.1, 0.15) is 0 Å². The minimum atomic E-state index is 0.0223. The molecule has 0 radical (unpaired) electrons. The Balaban J connectivity index is 1.42. The van der Waals surface area contributed by atoms with E-state index in [1.165, 1.54) is 25.9 Å². The fourth-order valence-electron chi connectivity index (χ4n) is 4.03. The Morgan fingerprint density at radius 2 is 1.96 bits per heavy atom. The second-order valence-electron chi connectivity index (χ2n) is 7.05. The van der Waals surface area contributed by atoms with Gasteiger partial charge in [-0.15, -0.1) is 0 Å². The molecule has 3 aliphatic heterocycles. The number of fused-ring (bicyclic) bond motifs is 3. The lowest BCUT2D eigenvalue weighted by Crippen LogP contribution is -2.62. The van der Waals surface area contributed by atoms with Gasteiger partial charge >= 0.3 is 0 Å². The van der Waals surface area contributed by atoms with Gasteiger partial charge in [-0.05, 0) is 69.1 Å². The lowest BCUT2D eigenvalue weighted by atomic mass is 9.79. The Morgan fingerprint density at radius 3 is 2.62 bits per heavy atom. The standard InChI is InChI=1S/C20H22ClN3OS/c1-13-19(14-7-10-24(13)11-8-14)23-20(25)15-2-4-16(5-3-15)26-18-6-9-22-12-17(18)21/h2-6,9,12-14,19H,7-8,10-11H2,1H3,(H,23,25)/t13-,19-/m0/s1. The maximum absolute atomic E-state index is 12.7. The average Bonchev–Trinajstić information content (AvgIpc) is 2.67. The number of amides is 1. The fourth-order valence-corrected chi connectivity index (χ4v) is 5.07. The van der Waals surface area contributed by atoms with Crippen LogP contribution >= 0.6 is 23.4 Å². The van der Waals surface area contributed by atoms with Gasteiger partial charge in [-0.3, -0.25) is 14.7 Å². The van der Waals surface area contributed by atoms with E-state index in [0.717, 1.165) is 9.79 Å². The predicted octanol–water partition coefficient (Wildman–Crippen LogP) is 4.10. The number of benzene rings is 1. The topological polar surface area (TPSA) is 45.2 Å². The van der Waals surface area contributed by atoms with Crippen molar-refractivity contribution in [2.75, 3.05) is 13.1 Å². The normalized spacial score (nSPS) is 27.3. The first-order valence-electron chi connectivity index (χ1n) is 9.04. The number of nitrogens with zero attached hydrogens (tertiary/aromatic N) is 2. The van der Waals surface area contributed by atoms with E-state index in [0.29, 0.717) is 22.5 Å². The highest BCUT2D eigenvalue weighted by molar-refractivity contribution is 7.99. The number of carbonyl (C=O) groups excluding carboxylic acids is 1. The number of rotatable bonds is 4. The van der Waals surface area contributed by atoms with Gasteiger partial charge in [-0.25, -0.2) is 0 Å². The minimum Gasteiger partial charge on any atom is -0.347 e. The van der Waals surface area contributed by atoms with E-state index in [1.54, 1.807) is 24.2 Å². The average molecular weight is 388 g/mol. The van der Waals surface area contributed by atoms with E-state index >= 15 is 0 Å². The maximum atomic E-state index is 12.7. The van der Waals surface area contributed by atoms with E-state index in [2.05, 4.69) is 22.1 Å². The number of aromatic nitrogens is 1. The summed E-state index contributed by atoms with van der Waals surface area (Å²) in [6.07, 6.45) is 5.75. The van der Waals surface area contributed by atoms with Crippen molar-refractivity contribution in [3.8, 4) is 0 Å². The number of halogens is 1. The molecule has 0 aliphatic carbocycles. The molecule has 1 amide bonds. The summed E-state index contributed by atoms with van der Waals surface area (Å²) in [6.45, 7) is 4.57. The summed E-state index contributed by atoms with van der Waals surface area (Å²) in [5.74, 6) is 0.636. The molecule has 1 aromatic carbocycles. The monoisotopic (exact) mass is 387 g/mol. The first kappa shape index (κ1) is 17.8. The quantitative estimate of drug-likeness (QED) is 0.857. The van der Waals surface area contributed by atoms with Gasteiger partial charge in [0.2, 0.25) is 0 Å². The Morgan fingerprint density at radius 1 is 1.23 bits per heavy atom. The van der Waals surface area contributed by atoms with Gasteiger partial charge in [0.15, 0.2) is 0 Å². The number of nitrogens with one attached hydrogen (secondary N) is 1. The summed E-state index contributed by atoms with van der Waals surface area (Å²) in [6, 6.07) is 10.3.